The minimum Gasteiger partial charge on any atom is -0.0625 e. The van der Waals surface area contributed by atoms with E-state index in [1.165, 1.54) is 0 Å². The van der Waals surface area contributed by atoms with Crippen molar-refractivity contribution in [2.75, 3.05) is 0 Å². The SMILES string of the molecule is CC(C)C(C)C(C)C(C)(C)C(C)(C)C(C)C(C)C(C)[C@H](C)C(C)C(C)C. The van der Waals surface area contributed by atoms with Gasteiger partial charge in [-0.1, -0.05) is 104 Å². The van der Waals surface area contributed by atoms with Crippen LogP contribution >= 0.6 is 0 Å². The highest BCUT2D eigenvalue weighted by atomic mass is 14.5. The monoisotopic (exact) mass is 366 g/mol. The van der Waals surface area contributed by atoms with Crippen LogP contribution in [0.3, 0.4) is 0 Å². The van der Waals surface area contributed by atoms with Crippen molar-refractivity contribution in [1.82, 2.24) is 0 Å². The quantitative estimate of drug-likeness (QED) is 0.362. The van der Waals surface area contributed by atoms with Gasteiger partial charge in [0.1, 0.15) is 0 Å². The Morgan fingerprint density at radius 1 is 0.346 bits per heavy atom. The van der Waals surface area contributed by atoms with Gasteiger partial charge in [0.15, 0.2) is 0 Å². The zero-order valence-corrected chi connectivity index (χ0v) is 21.2. The van der Waals surface area contributed by atoms with Gasteiger partial charge in [-0.25, -0.2) is 0 Å². The van der Waals surface area contributed by atoms with E-state index in [1.807, 2.05) is 0 Å². The van der Waals surface area contributed by atoms with Crippen LogP contribution in [0.4, 0.5) is 0 Å². The van der Waals surface area contributed by atoms with Crippen LogP contribution in [0.25, 0.3) is 0 Å². The summed E-state index contributed by atoms with van der Waals surface area (Å²) in [4.78, 5) is 0. The van der Waals surface area contributed by atoms with Crippen LogP contribution in [0.2, 0.25) is 0 Å². The molecule has 0 aliphatic rings. The van der Waals surface area contributed by atoms with Crippen molar-refractivity contribution in [2.45, 2.75) is 104 Å². The minimum absolute atomic E-state index is 0.310. The second-order valence-electron chi connectivity index (χ2n) is 11.8. The third-order valence-electron chi connectivity index (χ3n) is 10.1. The first kappa shape index (κ1) is 26.0. The summed E-state index contributed by atoms with van der Waals surface area (Å²) in [6.45, 7) is 37.1. The third kappa shape index (κ3) is 5.29. The Balaban J connectivity index is 5.50. The highest BCUT2D eigenvalue weighted by Gasteiger charge is 2.48. The van der Waals surface area contributed by atoms with Crippen LogP contribution in [0.15, 0.2) is 0 Å². The summed E-state index contributed by atoms with van der Waals surface area (Å²) in [5.41, 5.74) is 0.626. The Morgan fingerprint density at radius 2 is 0.615 bits per heavy atom. The molecule has 0 aliphatic carbocycles. The largest absolute Gasteiger partial charge is 0.0625 e. The van der Waals surface area contributed by atoms with E-state index in [9.17, 15) is 0 Å². The Labute approximate surface area is 168 Å². The Morgan fingerprint density at radius 3 is 0.923 bits per heavy atom. The van der Waals surface area contributed by atoms with Crippen molar-refractivity contribution in [3.05, 3.63) is 0 Å². The second-order valence-corrected chi connectivity index (χ2v) is 11.8. The third-order valence-corrected chi connectivity index (χ3v) is 10.1. The summed E-state index contributed by atoms with van der Waals surface area (Å²) in [6, 6.07) is 0. The maximum absolute atomic E-state index is 2.54. The Kier molecular flexibility index (Phi) is 9.47. The molecule has 0 aromatic rings. The Bertz CT molecular complexity index is 400. The van der Waals surface area contributed by atoms with Crippen LogP contribution in [-0.2, 0) is 0 Å². The molecule has 0 rings (SSSR count). The molecule has 0 aliphatic heterocycles. The molecule has 0 amide bonds. The second kappa shape index (κ2) is 9.47. The molecule has 0 heteroatoms. The van der Waals surface area contributed by atoms with Gasteiger partial charge < -0.3 is 0 Å². The zero-order chi connectivity index (χ0) is 21.2. The van der Waals surface area contributed by atoms with Gasteiger partial charge in [0.05, 0.1) is 0 Å². The molecule has 0 N–H and O–H groups in total. The summed E-state index contributed by atoms with van der Waals surface area (Å²) in [5.74, 6) is 6.76. The molecule has 7 atom stereocenters. The molecule has 0 radical (unpaired) electrons. The van der Waals surface area contributed by atoms with Crippen molar-refractivity contribution in [3.8, 4) is 0 Å². The van der Waals surface area contributed by atoms with E-state index < -0.39 is 0 Å². The van der Waals surface area contributed by atoms with Gasteiger partial charge in [-0.3, -0.25) is 0 Å². The maximum Gasteiger partial charge on any atom is -0.0272 e. The van der Waals surface area contributed by atoms with Gasteiger partial charge >= 0.3 is 0 Å². The van der Waals surface area contributed by atoms with Crippen molar-refractivity contribution >= 4 is 0 Å². The molecule has 0 saturated carbocycles. The van der Waals surface area contributed by atoms with Gasteiger partial charge in [-0.05, 0) is 64.1 Å². The van der Waals surface area contributed by atoms with E-state index in [0.29, 0.717) is 16.7 Å². The topological polar surface area (TPSA) is 0 Å². The minimum atomic E-state index is 0.310. The van der Waals surface area contributed by atoms with E-state index in [1.54, 1.807) is 0 Å². The van der Waals surface area contributed by atoms with Crippen LogP contribution < -0.4 is 0 Å². The van der Waals surface area contributed by atoms with Crippen molar-refractivity contribution in [2.24, 2.45) is 64.1 Å². The van der Waals surface area contributed by atoms with Crippen LogP contribution in [0.5, 0.6) is 0 Å². The van der Waals surface area contributed by atoms with Gasteiger partial charge in [0.25, 0.3) is 0 Å². The standard InChI is InChI=1S/C26H54/c1-16(2)18(5)20(7)21(8)22(9)24(11)26(14,15)25(12,13)23(10)19(6)17(3)4/h16-24H,1-15H3/t18?,19?,20-,21?,22?,23?,24?/m1/s1. The lowest BCUT2D eigenvalue weighted by Crippen LogP contribution is -2.48. The molecule has 158 valence electrons. The van der Waals surface area contributed by atoms with Gasteiger partial charge in [-0.2, -0.15) is 0 Å². The first-order valence-electron chi connectivity index (χ1n) is 11.5. The van der Waals surface area contributed by atoms with Crippen LogP contribution in [0.1, 0.15) is 104 Å². The fourth-order valence-corrected chi connectivity index (χ4v) is 5.09. The zero-order valence-electron chi connectivity index (χ0n) is 21.2. The Hall–Kier alpha value is 0. The molecule has 0 nitrogen and oxygen atoms in total. The molecule has 0 fully saturated rings. The maximum atomic E-state index is 2.54. The molecular formula is C26H54. The predicted molar refractivity (Wildman–Crippen MR) is 121 cm³/mol. The number of rotatable bonds is 10. The van der Waals surface area contributed by atoms with Crippen molar-refractivity contribution < 1.29 is 0 Å². The molecule has 0 aromatic heterocycles. The molecule has 26 heavy (non-hydrogen) atoms. The molecule has 6 unspecified atom stereocenters. The van der Waals surface area contributed by atoms with Crippen molar-refractivity contribution in [3.63, 3.8) is 0 Å². The molecule has 0 bridgehead atoms. The fraction of sp³-hybridized carbons (Fsp3) is 1.00. The van der Waals surface area contributed by atoms with E-state index >= 15 is 0 Å². The number of hydrogen-bond donors (Lipinski definition) is 0. The van der Waals surface area contributed by atoms with Crippen LogP contribution in [-0.4, -0.2) is 0 Å². The summed E-state index contributed by atoms with van der Waals surface area (Å²) in [7, 11) is 0. The summed E-state index contributed by atoms with van der Waals surface area (Å²) in [6.07, 6.45) is 0. The average molecular weight is 367 g/mol. The highest BCUT2D eigenvalue weighted by Crippen LogP contribution is 2.55. The first-order valence-corrected chi connectivity index (χ1v) is 11.5. The van der Waals surface area contributed by atoms with Crippen molar-refractivity contribution in [1.29, 1.82) is 0 Å². The average Bonchev–Trinajstić information content (AvgIpc) is 2.56. The van der Waals surface area contributed by atoms with Gasteiger partial charge in [0, 0.05) is 0 Å². The normalized spacial score (nSPS) is 22.0. The summed E-state index contributed by atoms with van der Waals surface area (Å²) in [5, 5.41) is 0. The summed E-state index contributed by atoms with van der Waals surface area (Å²) >= 11 is 0. The van der Waals surface area contributed by atoms with E-state index in [0.717, 1.165) is 47.3 Å². The highest BCUT2D eigenvalue weighted by molar-refractivity contribution is 4.96. The predicted octanol–water partition coefficient (Wildman–Crippen LogP) is 8.80. The first-order chi connectivity index (χ1) is 11.5. The fourth-order valence-electron chi connectivity index (χ4n) is 5.09. The van der Waals surface area contributed by atoms with E-state index in [-0.39, 0.29) is 0 Å². The lowest BCUT2D eigenvalue weighted by atomic mass is 9.51. The summed E-state index contributed by atoms with van der Waals surface area (Å²) < 4.78 is 0. The lowest BCUT2D eigenvalue weighted by Gasteiger charge is -2.54. The smallest absolute Gasteiger partial charge is 0.0272 e. The van der Waals surface area contributed by atoms with Gasteiger partial charge in [0.2, 0.25) is 0 Å². The molecule has 0 aromatic carbocycles. The van der Waals surface area contributed by atoms with Gasteiger partial charge in [-0.15, -0.1) is 0 Å². The molecule has 0 saturated heterocycles. The number of hydrogen-bond acceptors (Lipinski definition) is 0. The molecule has 0 spiro atoms. The molecular weight excluding hydrogens is 312 g/mol. The van der Waals surface area contributed by atoms with E-state index in [2.05, 4.69) is 104 Å². The molecule has 0 heterocycles. The van der Waals surface area contributed by atoms with E-state index in [4.69, 9.17) is 0 Å². The van der Waals surface area contributed by atoms with Crippen LogP contribution in [0, 0.1) is 64.1 Å². The lowest BCUT2D eigenvalue weighted by molar-refractivity contribution is -0.0561.